The quantitative estimate of drug-likeness (QED) is 0.798. The molecular formula is C17H16Cl2F3N3O. The van der Waals surface area contributed by atoms with Gasteiger partial charge in [-0.2, -0.15) is 18.3 Å². The molecule has 1 aromatic carbocycles. The van der Waals surface area contributed by atoms with Crippen molar-refractivity contribution >= 4 is 29.1 Å². The average Bonchev–Trinajstić information content (AvgIpc) is 2.98. The highest BCUT2D eigenvalue weighted by molar-refractivity contribution is 6.36. The molecule has 1 N–H and O–H groups in total. The van der Waals surface area contributed by atoms with Crippen molar-refractivity contribution < 1.29 is 18.0 Å². The van der Waals surface area contributed by atoms with Gasteiger partial charge >= 0.3 is 6.18 Å². The summed E-state index contributed by atoms with van der Waals surface area (Å²) in [6.07, 6.45) is -1.11. The Balaban J connectivity index is 1.66. The standard InChI is InChI=1S/C17H16Cl2F3N3O/c18-11-3-1-4-12(19)14(11)16(6-2-7-16)15(26)23-8-10-25-9-5-13(24-25)17(20,21)22/h1,3-5,9H,2,6-8,10H2,(H,23,26). The summed E-state index contributed by atoms with van der Waals surface area (Å²) >= 11 is 12.5. The molecule has 3 rings (SSSR count). The van der Waals surface area contributed by atoms with E-state index in [2.05, 4.69) is 10.4 Å². The summed E-state index contributed by atoms with van der Waals surface area (Å²) in [7, 11) is 0. The van der Waals surface area contributed by atoms with Crippen LogP contribution in [0.4, 0.5) is 13.2 Å². The Bertz CT molecular complexity index is 796. The zero-order valence-corrected chi connectivity index (χ0v) is 15.1. The summed E-state index contributed by atoms with van der Waals surface area (Å²) < 4.78 is 38.8. The molecule has 1 heterocycles. The van der Waals surface area contributed by atoms with E-state index >= 15 is 0 Å². The summed E-state index contributed by atoms with van der Waals surface area (Å²) in [6, 6.07) is 6.00. The van der Waals surface area contributed by atoms with Crippen LogP contribution < -0.4 is 5.32 Å². The first-order valence-electron chi connectivity index (χ1n) is 8.07. The van der Waals surface area contributed by atoms with Crippen LogP contribution in [0.3, 0.4) is 0 Å². The van der Waals surface area contributed by atoms with Crippen LogP contribution >= 0.6 is 23.2 Å². The zero-order valence-electron chi connectivity index (χ0n) is 13.6. The minimum atomic E-state index is -4.48. The predicted molar refractivity (Wildman–Crippen MR) is 92.2 cm³/mol. The van der Waals surface area contributed by atoms with Gasteiger partial charge in [-0.15, -0.1) is 0 Å². The third-order valence-corrected chi connectivity index (χ3v) is 5.27. The van der Waals surface area contributed by atoms with E-state index in [-0.39, 0.29) is 19.0 Å². The van der Waals surface area contributed by atoms with Crippen molar-refractivity contribution in [3.05, 3.63) is 51.8 Å². The minimum absolute atomic E-state index is 0.133. The Morgan fingerprint density at radius 2 is 1.88 bits per heavy atom. The van der Waals surface area contributed by atoms with Gasteiger partial charge in [0.05, 0.1) is 12.0 Å². The second-order valence-corrected chi connectivity index (χ2v) is 7.06. The van der Waals surface area contributed by atoms with Crippen molar-refractivity contribution in [2.45, 2.75) is 37.4 Å². The molecule has 0 aliphatic heterocycles. The number of hydrogen-bond acceptors (Lipinski definition) is 2. The SMILES string of the molecule is O=C(NCCn1ccc(C(F)(F)F)n1)C1(c2c(Cl)cccc2Cl)CCC1. The third kappa shape index (κ3) is 3.55. The molecule has 1 fully saturated rings. The maximum Gasteiger partial charge on any atom is 0.435 e. The maximum atomic E-state index is 12.8. The van der Waals surface area contributed by atoms with E-state index in [0.29, 0.717) is 28.5 Å². The largest absolute Gasteiger partial charge is 0.435 e. The van der Waals surface area contributed by atoms with E-state index in [1.54, 1.807) is 18.2 Å². The Morgan fingerprint density at radius 3 is 2.38 bits per heavy atom. The van der Waals surface area contributed by atoms with E-state index in [1.807, 2.05) is 0 Å². The van der Waals surface area contributed by atoms with Crippen molar-refractivity contribution in [1.82, 2.24) is 15.1 Å². The topological polar surface area (TPSA) is 46.9 Å². The monoisotopic (exact) mass is 405 g/mol. The number of amides is 1. The average molecular weight is 406 g/mol. The Labute approximate surface area is 158 Å². The molecule has 0 atom stereocenters. The molecule has 1 saturated carbocycles. The second-order valence-electron chi connectivity index (χ2n) is 6.25. The van der Waals surface area contributed by atoms with E-state index in [4.69, 9.17) is 23.2 Å². The second kappa shape index (κ2) is 7.12. The van der Waals surface area contributed by atoms with E-state index < -0.39 is 17.3 Å². The van der Waals surface area contributed by atoms with Gasteiger partial charge in [0.1, 0.15) is 0 Å². The molecule has 26 heavy (non-hydrogen) atoms. The summed E-state index contributed by atoms with van der Waals surface area (Å²) in [5.74, 6) is -0.220. The molecule has 0 bridgehead atoms. The van der Waals surface area contributed by atoms with Crippen LogP contribution in [0, 0.1) is 0 Å². The first kappa shape index (κ1) is 19.0. The molecule has 9 heteroatoms. The molecule has 140 valence electrons. The van der Waals surface area contributed by atoms with Gasteiger partial charge in [0.25, 0.3) is 0 Å². The number of nitrogens with zero attached hydrogens (tertiary/aromatic N) is 2. The lowest BCUT2D eigenvalue weighted by molar-refractivity contribution is -0.141. The number of benzene rings is 1. The van der Waals surface area contributed by atoms with Gasteiger partial charge in [-0.1, -0.05) is 35.7 Å². The summed E-state index contributed by atoms with van der Waals surface area (Å²) in [5.41, 5.74) is -1.12. The molecule has 0 unspecified atom stereocenters. The first-order chi connectivity index (χ1) is 12.2. The Morgan fingerprint density at radius 1 is 1.23 bits per heavy atom. The number of alkyl halides is 3. The van der Waals surface area contributed by atoms with E-state index in [1.165, 1.54) is 6.20 Å². The molecule has 1 aromatic heterocycles. The molecular weight excluding hydrogens is 390 g/mol. The smallest absolute Gasteiger partial charge is 0.353 e. The Hall–Kier alpha value is -1.73. The number of halogens is 5. The van der Waals surface area contributed by atoms with Gasteiger partial charge in [-0.3, -0.25) is 9.48 Å². The fourth-order valence-electron chi connectivity index (χ4n) is 3.17. The Kier molecular flexibility index (Phi) is 5.21. The van der Waals surface area contributed by atoms with Crippen LogP contribution in [0.2, 0.25) is 10.0 Å². The van der Waals surface area contributed by atoms with Crippen LogP contribution in [-0.4, -0.2) is 22.2 Å². The molecule has 0 saturated heterocycles. The minimum Gasteiger partial charge on any atom is -0.353 e. The van der Waals surface area contributed by atoms with Gasteiger partial charge in [-0.25, -0.2) is 0 Å². The van der Waals surface area contributed by atoms with Crippen LogP contribution in [0.1, 0.15) is 30.5 Å². The van der Waals surface area contributed by atoms with Crippen LogP contribution in [0.25, 0.3) is 0 Å². The van der Waals surface area contributed by atoms with Gasteiger partial charge in [0.2, 0.25) is 5.91 Å². The molecule has 0 spiro atoms. The molecule has 1 aliphatic carbocycles. The van der Waals surface area contributed by atoms with Crippen LogP contribution in [0.5, 0.6) is 0 Å². The zero-order chi connectivity index (χ0) is 18.9. The van der Waals surface area contributed by atoms with Crippen molar-refractivity contribution in [2.24, 2.45) is 0 Å². The lowest BCUT2D eigenvalue weighted by Crippen LogP contribution is -2.50. The number of aromatic nitrogens is 2. The highest BCUT2D eigenvalue weighted by Gasteiger charge is 2.47. The first-order valence-corrected chi connectivity index (χ1v) is 8.83. The van der Waals surface area contributed by atoms with Crippen LogP contribution in [0.15, 0.2) is 30.5 Å². The summed E-state index contributed by atoms with van der Waals surface area (Å²) in [6.45, 7) is 0.287. The molecule has 1 amide bonds. The van der Waals surface area contributed by atoms with E-state index in [9.17, 15) is 18.0 Å². The fraction of sp³-hybridized carbons (Fsp3) is 0.412. The van der Waals surface area contributed by atoms with Crippen molar-refractivity contribution in [3.63, 3.8) is 0 Å². The lowest BCUT2D eigenvalue weighted by atomic mass is 9.63. The summed E-state index contributed by atoms with van der Waals surface area (Å²) in [5, 5.41) is 7.11. The number of hydrogen-bond donors (Lipinski definition) is 1. The molecule has 0 radical (unpaired) electrons. The highest BCUT2D eigenvalue weighted by atomic mass is 35.5. The highest BCUT2D eigenvalue weighted by Crippen LogP contribution is 2.49. The van der Waals surface area contributed by atoms with Gasteiger partial charge in [0, 0.05) is 28.4 Å². The van der Waals surface area contributed by atoms with Crippen LogP contribution in [-0.2, 0) is 22.9 Å². The number of rotatable bonds is 5. The number of carbonyl (C=O) groups excluding carboxylic acids is 1. The third-order valence-electron chi connectivity index (χ3n) is 4.64. The number of carbonyl (C=O) groups is 1. The van der Waals surface area contributed by atoms with E-state index in [0.717, 1.165) is 17.2 Å². The number of nitrogens with one attached hydrogen (secondary N) is 1. The lowest BCUT2D eigenvalue weighted by Gasteiger charge is -2.41. The molecule has 2 aromatic rings. The molecule has 1 aliphatic rings. The predicted octanol–water partition coefficient (Wildman–Crippen LogP) is 4.45. The van der Waals surface area contributed by atoms with Gasteiger partial charge in [-0.05, 0) is 31.0 Å². The summed E-state index contributed by atoms with van der Waals surface area (Å²) in [4.78, 5) is 12.8. The van der Waals surface area contributed by atoms with Crippen molar-refractivity contribution in [2.75, 3.05) is 6.54 Å². The molecule has 4 nitrogen and oxygen atoms in total. The fourth-order valence-corrected chi connectivity index (χ4v) is 3.93. The van der Waals surface area contributed by atoms with Crippen molar-refractivity contribution in [1.29, 1.82) is 0 Å². The van der Waals surface area contributed by atoms with Gasteiger partial charge < -0.3 is 5.32 Å². The normalized spacial score (nSPS) is 16.2. The maximum absolute atomic E-state index is 12.8. The van der Waals surface area contributed by atoms with Crippen molar-refractivity contribution in [3.8, 4) is 0 Å². The van der Waals surface area contributed by atoms with Gasteiger partial charge in [0.15, 0.2) is 5.69 Å².